The second-order valence-electron chi connectivity index (χ2n) is 1.61. The van der Waals surface area contributed by atoms with E-state index in [-0.39, 0.29) is 24.4 Å². The van der Waals surface area contributed by atoms with E-state index in [0.717, 1.165) is 0 Å². The molecule has 0 aromatic rings. The maximum Gasteiger partial charge on any atom is 0.442 e. The highest BCUT2D eigenvalue weighted by atomic mass is 32.2. The van der Waals surface area contributed by atoms with Gasteiger partial charge in [-0.05, 0) is 11.8 Å². The third-order valence-electron chi connectivity index (χ3n) is 0.369. The summed E-state index contributed by atoms with van der Waals surface area (Å²) >= 11 is 0.0116. The van der Waals surface area contributed by atoms with Crippen LogP contribution in [0.2, 0.25) is 0 Å². The molecule has 0 unspecified atom stereocenters. The number of hydrogen-bond acceptors (Lipinski definition) is 1. The first-order valence-corrected chi connectivity index (χ1v) is 3.04. The van der Waals surface area contributed by atoms with Crippen molar-refractivity contribution < 1.29 is 13.2 Å². The largest absolute Gasteiger partial charge is 0.442 e. The average Bonchev–Trinajstić information content (AvgIpc) is 1.21. The summed E-state index contributed by atoms with van der Waals surface area (Å²) in [5.41, 5.74) is -4.06. The minimum absolute atomic E-state index is 0. The van der Waals surface area contributed by atoms with Crippen molar-refractivity contribution >= 4 is 11.8 Å². The predicted molar refractivity (Wildman–Crippen MR) is 35.5 cm³/mol. The number of halogens is 3. The minimum atomic E-state index is -4.06. The van der Waals surface area contributed by atoms with Crippen LogP contribution in [-0.2, 0) is 0 Å². The van der Waals surface area contributed by atoms with Crippen molar-refractivity contribution in [2.24, 2.45) is 0 Å². The number of thioether (sulfide) groups is 1. The molecule has 0 rings (SSSR count). The molecule has 0 nitrogen and oxygen atoms in total. The van der Waals surface area contributed by atoms with Crippen molar-refractivity contribution in [1.82, 2.24) is 0 Å². The zero-order chi connectivity index (χ0) is 6.78. The number of rotatable bonds is 1. The molecule has 9 heavy (non-hydrogen) atoms. The highest BCUT2D eigenvalue weighted by Crippen LogP contribution is 2.33. The van der Waals surface area contributed by atoms with E-state index in [1.807, 2.05) is 0 Å². The smallest absolute Gasteiger partial charge is 0.160 e. The fourth-order valence-corrected chi connectivity index (χ4v) is 0.802. The number of alkyl halides is 3. The van der Waals surface area contributed by atoms with Gasteiger partial charge >= 0.3 is 5.51 Å². The summed E-state index contributed by atoms with van der Waals surface area (Å²) in [7, 11) is 0. The standard InChI is InChI=1S/C4H7F3S.CH4/c1-3(2)8-4(5,6)7;/h3H,1-2H3;1H4. The van der Waals surface area contributed by atoms with Crippen LogP contribution in [0.1, 0.15) is 21.3 Å². The van der Waals surface area contributed by atoms with Gasteiger partial charge in [0.1, 0.15) is 0 Å². The average molecular weight is 160 g/mol. The van der Waals surface area contributed by atoms with Crippen LogP contribution in [0, 0.1) is 0 Å². The predicted octanol–water partition coefficient (Wildman–Crippen LogP) is 3.28. The van der Waals surface area contributed by atoms with Gasteiger partial charge in [-0.25, -0.2) is 0 Å². The summed E-state index contributed by atoms with van der Waals surface area (Å²) in [6, 6.07) is 0. The van der Waals surface area contributed by atoms with Crippen molar-refractivity contribution in [2.75, 3.05) is 0 Å². The molecule has 0 N–H and O–H groups in total. The van der Waals surface area contributed by atoms with Gasteiger partial charge in [-0.15, -0.1) is 0 Å². The molecule has 0 aromatic carbocycles. The van der Waals surface area contributed by atoms with Gasteiger partial charge in [-0.2, -0.15) is 13.2 Å². The third kappa shape index (κ3) is 11.6. The summed E-state index contributed by atoms with van der Waals surface area (Å²) in [6.45, 7) is 3.02. The lowest BCUT2D eigenvalue weighted by molar-refractivity contribution is -0.0331. The molecule has 0 saturated carbocycles. The van der Waals surface area contributed by atoms with Gasteiger partial charge in [0.05, 0.1) is 0 Å². The van der Waals surface area contributed by atoms with E-state index < -0.39 is 5.51 Å². The SMILES string of the molecule is C.CC(C)SC(F)(F)F. The summed E-state index contributed by atoms with van der Waals surface area (Å²) in [6.07, 6.45) is 0. The van der Waals surface area contributed by atoms with Gasteiger partial charge in [0, 0.05) is 5.25 Å². The van der Waals surface area contributed by atoms with Gasteiger partial charge in [-0.3, -0.25) is 0 Å². The lowest BCUT2D eigenvalue weighted by Gasteiger charge is -2.06. The molecule has 4 heteroatoms. The van der Waals surface area contributed by atoms with Crippen molar-refractivity contribution in [3.05, 3.63) is 0 Å². The maximum absolute atomic E-state index is 11.3. The summed E-state index contributed by atoms with van der Waals surface area (Å²) in [5.74, 6) is 0. The Morgan fingerprint density at radius 2 is 1.56 bits per heavy atom. The topological polar surface area (TPSA) is 0 Å². The third-order valence-corrected chi connectivity index (χ3v) is 1.11. The first-order valence-electron chi connectivity index (χ1n) is 2.16. The molecule has 0 spiro atoms. The first kappa shape index (κ1) is 11.9. The van der Waals surface area contributed by atoms with Gasteiger partial charge in [0.2, 0.25) is 0 Å². The highest BCUT2D eigenvalue weighted by Gasteiger charge is 2.29. The molecular formula is C5H11F3S. The molecule has 0 heterocycles. The highest BCUT2D eigenvalue weighted by molar-refractivity contribution is 8.00. The summed E-state index contributed by atoms with van der Waals surface area (Å²) < 4.78 is 33.8. The Hall–Kier alpha value is 0.140. The van der Waals surface area contributed by atoms with E-state index in [4.69, 9.17) is 0 Å². The molecule has 0 fully saturated rings. The molecule has 0 atom stereocenters. The maximum atomic E-state index is 11.3. The summed E-state index contributed by atoms with van der Waals surface area (Å²) in [5, 5.41) is -0.366. The van der Waals surface area contributed by atoms with Crippen LogP contribution >= 0.6 is 11.8 Å². The van der Waals surface area contributed by atoms with Crippen LogP contribution in [-0.4, -0.2) is 10.8 Å². The molecule has 0 radical (unpaired) electrons. The zero-order valence-corrected chi connectivity index (χ0v) is 5.44. The Balaban J connectivity index is 0. The van der Waals surface area contributed by atoms with Gasteiger partial charge in [-0.1, -0.05) is 21.3 Å². The van der Waals surface area contributed by atoms with Crippen LogP contribution in [0.3, 0.4) is 0 Å². The van der Waals surface area contributed by atoms with Gasteiger partial charge < -0.3 is 0 Å². The second-order valence-corrected chi connectivity index (χ2v) is 3.25. The van der Waals surface area contributed by atoms with Crippen LogP contribution in [0.25, 0.3) is 0 Å². The summed E-state index contributed by atoms with van der Waals surface area (Å²) in [4.78, 5) is 0. The fourth-order valence-electron chi connectivity index (χ4n) is 0.267. The molecule has 0 saturated heterocycles. The first-order chi connectivity index (χ1) is 3.42. The van der Waals surface area contributed by atoms with Crippen molar-refractivity contribution in [3.63, 3.8) is 0 Å². The lowest BCUT2D eigenvalue weighted by Crippen LogP contribution is -2.04. The monoisotopic (exact) mass is 160 g/mol. The van der Waals surface area contributed by atoms with Gasteiger partial charge in [0.15, 0.2) is 0 Å². The van der Waals surface area contributed by atoms with E-state index in [0.29, 0.717) is 0 Å². The Kier molecular flexibility index (Phi) is 5.33. The van der Waals surface area contributed by atoms with Crippen LogP contribution in [0.4, 0.5) is 13.2 Å². The van der Waals surface area contributed by atoms with E-state index >= 15 is 0 Å². The molecule has 0 aromatic heterocycles. The molecule has 0 aliphatic heterocycles. The Bertz CT molecular complexity index is 67.1. The molecule has 58 valence electrons. The normalized spacial score (nSPS) is 11.3. The van der Waals surface area contributed by atoms with Crippen LogP contribution < -0.4 is 0 Å². The van der Waals surface area contributed by atoms with Crippen molar-refractivity contribution in [1.29, 1.82) is 0 Å². The van der Waals surface area contributed by atoms with E-state index in [2.05, 4.69) is 0 Å². The van der Waals surface area contributed by atoms with Crippen LogP contribution in [0.5, 0.6) is 0 Å². The zero-order valence-electron chi connectivity index (χ0n) is 4.62. The van der Waals surface area contributed by atoms with E-state index in [1.165, 1.54) is 13.8 Å². The second kappa shape index (κ2) is 4.04. The van der Waals surface area contributed by atoms with E-state index in [9.17, 15) is 13.2 Å². The molecule has 0 bridgehead atoms. The van der Waals surface area contributed by atoms with E-state index in [1.54, 1.807) is 0 Å². The quantitative estimate of drug-likeness (QED) is 0.567. The fraction of sp³-hybridized carbons (Fsp3) is 1.00. The molecule has 0 amide bonds. The van der Waals surface area contributed by atoms with Crippen molar-refractivity contribution in [3.8, 4) is 0 Å². The molecular weight excluding hydrogens is 149 g/mol. The van der Waals surface area contributed by atoms with Gasteiger partial charge in [0.25, 0.3) is 0 Å². The molecule has 0 aliphatic rings. The van der Waals surface area contributed by atoms with Crippen LogP contribution in [0.15, 0.2) is 0 Å². The number of hydrogen-bond donors (Lipinski definition) is 0. The Labute approximate surface area is 57.8 Å². The molecule has 0 aliphatic carbocycles. The Morgan fingerprint density at radius 3 is 1.56 bits per heavy atom. The lowest BCUT2D eigenvalue weighted by atomic mass is 10.6. The Morgan fingerprint density at radius 1 is 1.22 bits per heavy atom. The van der Waals surface area contributed by atoms with Crippen molar-refractivity contribution in [2.45, 2.75) is 32.0 Å². The minimum Gasteiger partial charge on any atom is -0.160 e.